The van der Waals surface area contributed by atoms with Gasteiger partial charge in [0.05, 0.1) is 13.2 Å². The average Bonchev–Trinajstić information content (AvgIpc) is 2.30. The average molecular weight is 263 g/mol. The lowest BCUT2D eigenvalue weighted by molar-refractivity contribution is -0.190. The van der Waals surface area contributed by atoms with Crippen LogP contribution in [-0.4, -0.2) is 42.1 Å². The van der Waals surface area contributed by atoms with Crippen LogP contribution in [0.2, 0.25) is 0 Å². The van der Waals surface area contributed by atoms with E-state index in [9.17, 15) is 14.7 Å². The minimum Gasteiger partial charge on any atom is -0.480 e. The van der Waals surface area contributed by atoms with E-state index >= 15 is 0 Å². The Morgan fingerprint density at radius 3 is 2.32 bits per heavy atom. The molecule has 0 radical (unpaired) electrons. The van der Waals surface area contributed by atoms with Gasteiger partial charge in [-0.05, 0) is 12.5 Å². The van der Waals surface area contributed by atoms with Crippen molar-refractivity contribution in [2.45, 2.75) is 13.5 Å². The molecular formula is C14H17NO4. The number of ether oxygens (including phenoxy) is 1. The maximum atomic E-state index is 12.2. The molecule has 1 N–H and O–H groups in total. The van der Waals surface area contributed by atoms with Crippen LogP contribution in [0.15, 0.2) is 24.3 Å². The predicted octanol–water partition coefficient (Wildman–Crippen LogP) is 1.05. The number of amides is 1. The third kappa shape index (κ3) is 2.46. The Morgan fingerprint density at radius 1 is 1.32 bits per heavy atom. The summed E-state index contributed by atoms with van der Waals surface area (Å²) in [5, 5.41) is 9.18. The summed E-state index contributed by atoms with van der Waals surface area (Å²) in [5.41, 5.74) is 0.730. The van der Waals surface area contributed by atoms with E-state index in [1.165, 1.54) is 4.90 Å². The van der Waals surface area contributed by atoms with Crippen LogP contribution in [0.3, 0.4) is 0 Å². The molecule has 102 valence electrons. The summed E-state index contributed by atoms with van der Waals surface area (Å²) < 4.78 is 4.91. The molecule has 1 aromatic rings. The van der Waals surface area contributed by atoms with Crippen molar-refractivity contribution in [3.05, 3.63) is 35.4 Å². The molecule has 1 heterocycles. The molecule has 1 saturated heterocycles. The molecule has 1 amide bonds. The minimum absolute atomic E-state index is 0.0423. The molecule has 5 heteroatoms. The number of benzene rings is 1. The predicted molar refractivity (Wildman–Crippen MR) is 68.5 cm³/mol. The zero-order valence-corrected chi connectivity index (χ0v) is 11.0. The first kappa shape index (κ1) is 13.5. The van der Waals surface area contributed by atoms with Gasteiger partial charge < -0.3 is 14.7 Å². The standard InChI is InChI=1S/C14H17NO4/c1-10-3-5-11(6-4-10)7-15(2)12(16)14(13(17)18)8-19-9-14/h3-6H,7-9H2,1-2H3,(H,17,18). The summed E-state index contributed by atoms with van der Waals surface area (Å²) in [4.78, 5) is 24.9. The van der Waals surface area contributed by atoms with Gasteiger partial charge in [0.25, 0.3) is 0 Å². The number of hydrogen-bond acceptors (Lipinski definition) is 3. The van der Waals surface area contributed by atoms with E-state index in [0.29, 0.717) is 6.54 Å². The molecule has 1 fully saturated rings. The summed E-state index contributed by atoms with van der Waals surface area (Å²) in [7, 11) is 1.62. The second-order valence-corrected chi connectivity index (χ2v) is 5.03. The van der Waals surface area contributed by atoms with Gasteiger partial charge in [-0.15, -0.1) is 0 Å². The third-order valence-electron chi connectivity index (χ3n) is 3.40. The first-order valence-electron chi connectivity index (χ1n) is 6.08. The van der Waals surface area contributed by atoms with E-state index in [-0.39, 0.29) is 13.2 Å². The van der Waals surface area contributed by atoms with Crippen LogP contribution in [0.5, 0.6) is 0 Å². The lowest BCUT2D eigenvalue weighted by Gasteiger charge is -2.38. The van der Waals surface area contributed by atoms with Gasteiger partial charge in [-0.3, -0.25) is 9.59 Å². The van der Waals surface area contributed by atoms with Crippen molar-refractivity contribution in [2.24, 2.45) is 5.41 Å². The molecule has 0 atom stereocenters. The number of carboxylic acid groups (broad SMARTS) is 1. The fraction of sp³-hybridized carbons (Fsp3) is 0.429. The lowest BCUT2D eigenvalue weighted by Crippen LogP contribution is -2.59. The van der Waals surface area contributed by atoms with E-state index in [0.717, 1.165) is 11.1 Å². The van der Waals surface area contributed by atoms with Crippen molar-refractivity contribution in [2.75, 3.05) is 20.3 Å². The number of carbonyl (C=O) groups is 2. The molecule has 2 rings (SSSR count). The Balaban J connectivity index is 2.07. The number of aliphatic carboxylic acids is 1. The Labute approximate surface area is 111 Å². The summed E-state index contributed by atoms with van der Waals surface area (Å²) in [6.45, 7) is 2.30. The number of nitrogens with zero attached hydrogens (tertiary/aromatic N) is 1. The monoisotopic (exact) mass is 263 g/mol. The van der Waals surface area contributed by atoms with Crippen LogP contribution in [0.1, 0.15) is 11.1 Å². The second-order valence-electron chi connectivity index (χ2n) is 5.03. The minimum atomic E-state index is -1.39. The molecule has 0 saturated carbocycles. The number of rotatable bonds is 4. The van der Waals surface area contributed by atoms with Gasteiger partial charge in [0, 0.05) is 13.6 Å². The van der Waals surface area contributed by atoms with Crippen molar-refractivity contribution in [3.8, 4) is 0 Å². The molecule has 0 spiro atoms. The molecule has 1 aliphatic rings. The maximum absolute atomic E-state index is 12.2. The largest absolute Gasteiger partial charge is 0.480 e. The molecule has 0 aliphatic carbocycles. The van der Waals surface area contributed by atoms with E-state index < -0.39 is 17.3 Å². The quantitative estimate of drug-likeness (QED) is 0.825. The fourth-order valence-electron chi connectivity index (χ4n) is 2.05. The molecule has 19 heavy (non-hydrogen) atoms. The van der Waals surface area contributed by atoms with Crippen LogP contribution < -0.4 is 0 Å². The molecule has 0 unspecified atom stereocenters. The highest BCUT2D eigenvalue weighted by molar-refractivity contribution is 6.03. The van der Waals surface area contributed by atoms with E-state index in [4.69, 9.17) is 4.74 Å². The molecule has 0 bridgehead atoms. The summed E-state index contributed by atoms with van der Waals surface area (Å²) in [6.07, 6.45) is 0. The summed E-state index contributed by atoms with van der Waals surface area (Å²) in [6, 6.07) is 7.80. The Bertz CT molecular complexity index is 491. The summed E-state index contributed by atoms with van der Waals surface area (Å²) >= 11 is 0. The second kappa shape index (κ2) is 5.01. The first-order valence-corrected chi connectivity index (χ1v) is 6.08. The van der Waals surface area contributed by atoms with E-state index in [1.54, 1.807) is 7.05 Å². The van der Waals surface area contributed by atoms with Gasteiger partial charge in [-0.25, -0.2) is 0 Å². The van der Waals surface area contributed by atoms with Crippen molar-refractivity contribution < 1.29 is 19.4 Å². The summed E-state index contributed by atoms with van der Waals surface area (Å²) in [5.74, 6) is -1.51. The molecule has 1 aliphatic heterocycles. The maximum Gasteiger partial charge on any atom is 0.324 e. The van der Waals surface area contributed by atoms with Crippen molar-refractivity contribution in [3.63, 3.8) is 0 Å². The number of carboxylic acids is 1. The highest BCUT2D eigenvalue weighted by atomic mass is 16.5. The normalized spacial score (nSPS) is 16.5. The first-order chi connectivity index (χ1) is 8.95. The highest BCUT2D eigenvalue weighted by Crippen LogP contribution is 2.30. The van der Waals surface area contributed by atoms with Gasteiger partial charge in [0.15, 0.2) is 5.41 Å². The Hall–Kier alpha value is -1.88. The topological polar surface area (TPSA) is 66.8 Å². The van der Waals surface area contributed by atoms with Crippen LogP contribution in [0.25, 0.3) is 0 Å². The van der Waals surface area contributed by atoms with Gasteiger partial charge in [0.1, 0.15) is 0 Å². The molecular weight excluding hydrogens is 246 g/mol. The fourth-order valence-corrected chi connectivity index (χ4v) is 2.05. The van der Waals surface area contributed by atoms with Gasteiger partial charge in [0.2, 0.25) is 5.91 Å². The van der Waals surface area contributed by atoms with Gasteiger partial charge in [-0.2, -0.15) is 0 Å². The van der Waals surface area contributed by atoms with Crippen molar-refractivity contribution in [1.82, 2.24) is 4.90 Å². The van der Waals surface area contributed by atoms with Crippen LogP contribution in [0.4, 0.5) is 0 Å². The number of aryl methyl sites for hydroxylation is 1. The Morgan fingerprint density at radius 2 is 1.89 bits per heavy atom. The van der Waals surface area contributed by atoms with Crippen LogP contribution in [0, 0.1) is 12.3 Å². The molecule has 1 aromatic carbocycles. The van der Waals surface area contributed by atoms with Crippen LogP contribution >= 0.6 is 0 Å². The Kier molecular flexibility index (Phi) is 3.57. The highest BCUT2D eigenvalue weighted by Gasteiger charge is 2.54. The zero-order chi connectivity index (χ0) is 14.0. The van der Waals surface area contributed by atoms with Crippen LogP contribution in [-0.2, 0) is 20.9 Å². The third-order valence-corrected chi connectivity index (χ3v) is 3.40. The zero-order valence-electron chi connectivity index (χ0n) is 11.0. The number of carbonyl (C=O) groups excluding carboxylic acids is 1. The molecule has 5 nitrogen and oxygen atoms in total. The van der Waals surface area contributed by atoms with E-state index in [2.05, 4.69) is 0 Å². The van der Waals surface area contributed by atoms with Crippen molar-refractivity contribution >= 4 is 11.9 Å². The van der Waals surface area contributed by atoms with Crippen molar-refractivity contribution in [1.29, 1.82) is 0 Å². The van der Waals surface area contributed by atoms with Gasteiger partial charge >= 0.3 is 5.97 Å². The molecule has 0 aromatic heterocycles. The lowest BCUT2D eigenvalue weighted by atomic mass is 9.84. The van der Waals surface area contributed by atoms with E-state index in [1.807, 2.05) is 31.2 Å². The SMILES string of the molecule is Cc1ccc(CN(C)C(=O)C2(C(=O)O)COC2)cc1. The number of hydrogen-bond donors (Lipinski definition) is 1. The van der Waals surface area contributed by atoms with Gasteiger partial charge in [-0.1, -0.05) is 29.8 Å². The smallest absolute Gasteiger partial charge is 0.324 e.